The Kier molecular flexibility index (Phi) is 3.25. The fraction of sp³-hybridized carbons (Fsp3) is 0.667. The summed E-state index contributed by atoms with van der Waals surface area (Å²) in [5.41, 5.74) is 2.44. The molecule has 1 heterocycles. The largest absolute Gasteiger partial charge is 0.258 e. The van der Waals surface area contributed by atoms with Crippen LogP contribution in [0.1, 0.15) is 51.9 Å². The zero-order valence-corrected chi connectivity index (χ0v) is 9.83. The summed E-state index contributed by atoms with van der Waals surface area (Å²) in [6.07, 6.45) is 4.78. The smallest absolute Gasteiger partial charge is 0.0612 e. The molecule has 1 rings (SSSR count). The molecule has 0 fully saturated rings. The second-order valence-electron chi connectivity index (χ2n) is 5.32. The number of aromatic nitrogens is 2. The van der Waals surface area contributed by atoms with Crippen LogP contribution in [0.15, 0.2) is 12.4 Å². The van der Waals surface area contributed by atoms with Gasteiger partial charge in [-0.05, 0) is 17.8 Å². The number of hydrogen-bond donors (Lipinski definition) is 0. The van der Waals surface area contributed by atoms with Crippen LogP contribution < -0.4 is 0 Å². The van der Waals surface area contributed by atoms with Gasteiger partial charge < -0.3 is 0 Å². The molecule has 0 atom stereocenters. The minimum atomic E-state index is 0.286. The lowest BCUT2D eigenvalue weighted by Gasteiger charge is -2.17. The van der Waals surface area contributed by atoms with E-state index in [4.69, 9.17) is 0 Å². The molecular formula is C12H20N2. The molecule has 0 radical (unpaired) electrons. The normalized spacial score (nSPS) is 12.1. The summed E-state index contributed by atoms with van der Waals surface area (Å²) in [5, 5.41) is 0. The highest BCUT2D eigenvalue weighted by molar-refractivity contribution is 5.06. The van der Waals surface area contributed by atoms with E-state index in [-0.39, 0.29) is 5.41 Å². The quantitative estimate of drug-likeness (QED) is 0.719. The van der Waals surface area contributed by atoms with Crippen LogP contribution in [0, 0.1) is 5.41 Å². The van der Waals surface area contributed by atoms with Crippen molar-refractivity contribution >= 4 is 0 Å². The Hall–Kier alpha value is -0.920. The van der Waals surface area contributed by atoms with E-state index in [0.29, 0.717) is 5.92 Å². The summed E-state index contributed by atoms with van der Waals surface area (Å²) in [6.45, 7) is 10.9. The molecule has 0 aliphatic rings. The first kappa shape index (κ1) is 11.2. The van der Waals surface area contributed by atoms with Crippen LogP contribution in [0.3, 0.4) is 0 Å². The Bertz CT molecular complexity index is 280. The van der Waals surface area contributed by atoms with Crippen LogP contribution in [0.25, 0.3) is 0 Å². The van der Waals surface area contributed by atoms with Gasteiger partial charge in [0.25, 0.3) is 0 Å². The van der Waals surface area contributed by atoms with Crippen molar-refractivity contribution in [3.8, 4) is 0 Å². The summed E-state index contributed by atoms with van der Waals surface area (Å²) in [4.78, 5) is 8.82. The van der Waals surface area contributed by atoms with Crippen LogP contribution in [-0.2, 0) is 6.42 Å². The van der Waals surface area contributed by atoms with Crippen molar-refractivity contribution in [1.82, 2.24) is 9.97 Å². The lowest BCUT2D eigenvalue weighted by atomic mass is 9.91. The van der Waals surface area contributed by atoms with Gasteiger partial charge in [0, 0.05) is 12.4 Å². The average Bonchev–Trinajstić information content (AvgIpc) is 2.02. The highest BCUT2D eigenvalue weighted by Crippen LogP contribution is 2.19. The number of rotatable bonds is 2. The van der Waals surface area contributed by atoms with Crippen molar-refractivity contribution in [1.29, 1.82) is 0 Å². The van der Waals surface area contributed by atoms with E-state index in [1.54, 1.807) is 0 Å². The van der Waals surface area contributed by atoms with E-state index >= 15 is 0 Å². The molecule has 78 valence electrons. The van der Waals surface area contributed by atoms with Gasteiger partial charge in [0.2, 0.25) is 0 Å². The second kappa shape index (κ2) is 4.07. The van der Waals surface area contributed by atoms with Crippen molar-refractivity contribution in [3.63, 3.8) is 0 Å². The molecule has 2 heteroatoms. The first-order chi connectivity index (χ1) is 6.38. The molecule has 0 N–H and O–H groups in total. The predicted molar refractivity (Wildman–Crippen MR) is 59.3 cm³/mol. The van der Waals surface area contributed by atoms with E-state index in [0.717, 1.165) is 17.8 Å². The maximum Gasteiger partial charge on any atom is 0.0612 e. The van der Waals surface area contributed by atoms with Crippen molar-refractivity contribution in [2.45, 2.75) is 47.0 Å². The summed E-state index contributed by atoms with van der Waals surface area (Å²) in [7, 11) is 0. The first-order valence-electron chi connectivity index (χ1n) is 5.19. The SMILES string of the molecule is CC(C)c1cnc(CC(C)(C)C)cn1. The van der Waals surface area contributed by atoms with Gasteiger partial charge in [-0.2, -0.15) is 0 Å². The Morgan fingerprint density at radius 3 is 2.14 bits per heavy atom. The highest BCUT2D eigenvalue weighted by Gasteiger charge is 2.12. The van der Waals surface area contributed by atoms with Crippen molar-refractivity contribution in [2.75, 3.05) is 0 Å². The maximum atomic E-state index is 4.42. The molecule has 1 aromatic rings. The van der Waals surface area contributed by atoms with Crippen molar-refractivity contribution < 1.29 is 0 Å². The lowest BCUT2D eigenvalue weighted by molar-refractivity contribution is 0.405. The molecule has 0 bridgehead atoms. The molecule has 0 aromatic carbocycles. The van der Waals surface area contributed by atoms with E-state index in [1.165, 1.54) is 0 Å². The Morgan fingerprint density at radius 2 is 1.79 bits per heavy atom. The van der Waals surface area contributed by atoms with Gasteiger partial charge in [0.15, 0.2) is 0 Å². The minimum absolute atomic E-state index is 0.286. The van der Waals surface area contributed by atoms with Crippen LogP contribution >= 0.6 is 0 Å². The maximum absolute atomic E-state index is 4.42. The third-order valence-electron chi connectivity index (χ3n) is 2.03. The van der Waals surface area contributed by atoms with Gasteiger partial charge in [-0.25, -0.2) is 0 Å². The molecule has 0 amide bonds. The van der Waals surface area contributed by atoms with Gasteiger partial charge >= 0.3 is 0 Å². The average molecular weight is 192 g/mol. The standard InChI is InChI=1S/C12H20N2/c1-9(2)11-8-13-10(7-14-11)6-12(3,4)5/h7-9H,6H2,1-5H3. The van der Waals surface area contributed by atoms with Crippen LogP contribution in [0.2, 0.25) is 0 Å². The topological polar surface area (TPSA) is 25.8 Å². The van der Waals surface area contributed by atoms with Gasteiger partial charge in [0.1, 0.15) is 0 Å². The number of nitrogens with zero attached hydrogens (tertiary/aromatic N) is 2. The van der Waals surface area contributed by atoms with Gasteiger partial charge in [0.05, 0.1) is 11.4 Å². The molecule has 14 heavy (non-hydrogen) atoms. The van der Waals surface area contributed by atoms with E-state index in [1.807, 2.05) is 12.4 Å². The third-order valence-corrected chi connectivity index (χ3v) is 2.03. The summed E-state index contributed by atoms with van der Waals surface area (Å²) < 4.78 is 0. The van der Waals surface area contributed by atoms with Crippen molar-refractivity contribution in [3.05, 3.63) is 23.8 Å². The van der Waals surface area contributed by atoms with Gasteiger partial charge in [-0.15, -0.1) is 0 Å². The molecule has 0 aliphatic carbocycles. The molecule has 2 nitrogen and oxygen atoms in total. The molecule has 1 aromatic heterocycles. The third kappa shape index (κ3) is 3.44. The fourth-order valence-electron chi connectivity index (χ4n) is 1.30. The molecule has 0 unspecified atom stereocenters. The Morgan fingerprint density at radius 1 is 1.14 bits per heavy atom. The van der Waals surface area contributed by atoms with Crippen LogP contribution in [-0.4, -0.2) is 9.97 Å². The Labute approximate surface area is 86.8 Å². The Balaban J connectivity index is 2.74. The monoisotopic (exact) mass is 192 g/mol. The van der Waals surface area contributed by atoms with Gasteiger partial charge in [-0.3, -0.25) is 9.97 Å². The zero-order chi connectivity index (χ0) is 10.8. The lowest BCUT2D eigenvalue weighted by Crippen LogP contribution is -2.11. The molecular weight excluding hydrogens is 172 g/mol. The highest BCUT2D eigenvalue weighted by atomic mass is 14.8. The first-order valence-corrected chi connectivity index (χ1v) is 5.19. The fourth-order valence-corrected chi connectivity index (χ4v) is 1.30. The predicted octanol–water partition coefficient (Wildman–Crippen LogP) is 3.19. The second-order valence-corrected chi connectivity index (χ2v) is 5.32. The minimum Gasteiger partial charge on any atom is -0.258 e. The summed E-state index contributed by atoms with van der Waals surface area (Å²) in [6, 6.07) is 0. The molecule has 0 aliphatic heterocycles. The summed E-state index contributed by atoms with van der Waals surface area (Å²) >= 11 is 0. The zero-order valence-electron chi connectivity index (χ0n) is 9.83. The van der Waals surface area contributed by atoms with E-state index < -0.39 is 0 Å². The van der Waals surface area contributed by atoms with Crippen LogP contribution in [0.5, 0.6) is 0 Å². The van der Waals surface area contributed by atoms with E-state index in [9.17, 15) is 0 Å². The van der Waals surface area contributed by atoms with Crippen LogP contribution in [0.4, 0.5) is 0 Å². The molecule has 0 spiro atoms. The van der Waals surface area contributed by atoms with E-state index in [2.05, 4.69) is 44.6 Å². The summed E-state index contributed by atoms with van der Waals surface area (Å²) in [5.74, 6) is 0.464. The molecule has 0 saturated heterocycles. The van der Waals surface area contributed by atoms with Gasteiger partial charge in [-0.1, -0.05) is 34.6 Å². The molecule has 0 saturated carbocycles. The number of hydrogen-bond acceptors (Lipinski definition) is 2. The van der Waals surface area contributed by atoms with Crippen molar-refractivity contribution in [2.24, 2.45) is 5.41 Å².